The van der Waals surface area contributed by atoms with Crippen LogP contribution in [0.4, 0.5) is 19.0 Å². The molecule has 26 heavy (non-hydrogen) atoms. The van der Waals surface area contributed by atoms with E-state index in [-0.39, 0.29) is 11.3 Å². The second-order valence-corrected chi connectivity index (χ2v) is 6.50. The summed E-state index contributed by atoms with van der Waals surface area (Å²) in [7, 11) is 1.59. The predicted octanol–water partition coefficient (Wildman–Crippen LogP) is 5.07. The molecule has 0 atom stereocenters. The van der Waals surface area contributed by atoms with Gasteiger partial charge in [-0.15, -0.1) is 0 Å². The number of rotatable bonds is 5. The quantitative estimate of drug-likeness (QED) is 0.619. The van der Waals surface area contributed by atoms with Crippen LogP contribution >= 0.6 is 15.9 Å². The molecule has 4 nitrogen and oxygen atoms in total. The lowest BCUT2D eigenvalue weighted by Gasteiger charge is -2.13. The number of alkyl halides is 3. The summed E-state index contributed by atoms with van der Waals surface area (Å²) in [6.07, 6.45) is -3.97. The van der Waals surface area contributed by atoms with E-state index in [1.807, 2.05) is 24.3 Å². The lowest BCUT2D eigenvalue weighted by atomic mass is 10.1. The van der Waals surface area contributed by atoms with Gasteiger partial charge in [0.2, 0.25) is 5.82 Å². The minimum absolute atomic E-state index is 0.164. The molecule has 3 rings (SSSR count). The van der Waals surface area contributed by atoms with Crippen LogP contribution in [-0.2, 0) is 12.6 Å². The molecule has 0 radical (unpaired) electrons. The third-order valence-corrected chi connectivity index (χ3v) is 4.27. The second-order valence-electron chi connectivity index (χ2n) is 5.58. The summed E-state index contributed by atoms with van der Waals surface area (Å²) < 4.78 is 45.0. The van der Waals surface area contributed by atoms with Crippen molar-refractivity contribution in [1.29, 1.82) is 0 Å². The van der Waals surface area contributed by atoms with E-state index in [0.29, 0.717) is 18.4 Å². The Morgan fingerprint density at radius 1 is 1.08 bits per heavy atom. The van der Waals surface area contributed by atoms with Gasteiger partial charge < -0.3 is 10.1 Å². The maximum absolute atomic E-state index is 13.1. The Morgan fingerprint density at radius 2 is 1.81 bits per heavy atom. The smallest absolute Gasteiger partial charge is 0.451 e. The van der Waals surface area contributed by atoms with E-state index in [0.717, 1.165) is 15.8 Å². The maximum atomic E-state index is 13.1. The van der Waals surface area contributed by atoms with E-state index in [9.17, 15) is 13.2 Å². The van der Waals surface area contributed by atoms with Crippen LogP contribution in [-0.4, -0.2) is 23.6 Å². The Morgan fingerprint density at radius 3 is 2.46 bits per heavy atom. The van der Waals surface area contributed by atoms with Gasteiger partial charge in [0.1, 0.15) is 11.6 Å². The molecule has 0 fully saturated rings. The van der Waals surface area contributed by atoms with Crippen LogP contribution in [0.1, 0.15) is 11.4 Å². The van der Waals surface area contributed by atoms with Crippen LogP contribution in [0.15, 0.2) is 46.9 Å². The zero-order valence-corrected chi connectivity index (χ0v) is 15.4. The topological polar surface area (TPSA) is 47.0 Å². The number of hydrogen-bond donors (Lipinski definition) is 1. The molecule has 0 saturated carbocycles. The highest BCUT2D eigenvalue weighted by atomic mass is 79.9. The normalized spacial score (nSPS) is 11.6. The van der Waals surface area contributed by atoms with Gasteiger partial charge in [0.25, 0.3) is 0 Å². The number of benzene rings is 2. The van der Waals surface area contributed by atoms with Crippen molar-refractivity contribution in [1.82, 2.24) is 9.97 Å². The summed E-state index contributed by atoms with van der Waals surface area (Å²) in [6, 6.07) is 12.4. The highest BCUT2D eigenvalue weighted by Gasteiger charge is 2.35. The lowest BCUT2D eigenvalue weighted by molar-refractivity contribution is -0.144. The standard InChI is InChI=1S/C18H15BrF3N3O/c1-26-13-5-2-11(3-6-13)8-9-23-16-14-10-12(19)4-7-15(14)24-17(25-16)18(20,21)22/h2-7,10H,8-9H2,1H3,(H,23,24,25). The molecule has 3 aromatic rings. The molecule has 2 aromatic carbocycles. The van der Waals surface area contributed by atoms with Crippen molar-refractivity contribution >= 4 is 32.7 Å². The number of anilines is 1. The molecule has 0 bridgehead atoms. The molecule has 1 N–H and O–H groups in total. The zero-order chi connectivity index (χ0) is 18.7. The van der Waals surface area contributed by atoms with Crippen LogP contribution in [0.25, 0.3) is 10.9 Å². The zero-order valence-electron chi connectivity index (χ0n) is 13.8. The van der Waals surface area contributed by atoms with Gasteiger partial charge in [0, 0.05) is 16.4 Å². The van der Waals surface area contributed by atoms with Gasteiger partial charge in [0.05, 0.1) is 12.6 Å². The average Bonchev–Trinajstić information content (AvgIpc) is 2.61. The molecule has 0 aliphatic heterocycles. The molecule has 0 aliphatic carbocycles. The van der Waals surface area contributed by atoms with Gasteiger partial charge in [0.15, 0.2) is 0 Å². The van der Waals surface area contributed by atoms with Crippen molar-refractivity contribution < 1.29 is 17.9 Å². The van der Waals surface area contributed by atoms with Gasteiger partial charge in [-0.05, 0) is 42.3 Å². The number of ether oxygens (including phenoxy) is 1. The highest BCUT2D eigenvalue weighted by molar-refractivity contribution is 9.10. The van der Waals surface area contributed by atoms with Crippen LogP contribution in [0.5, 0.6) is 5.75 Å². The van der Waals surface area contributed by atoms with Crippen LogP contribution in [0.3, 0.4) is 0 Å². The Labute approximate surface area is 156 Å². The monoisotopic (exact) mass is 425 g/mol. The van der Waals surface area contributed by atoms with Crippen molar-refractivity contribution in [2.75, 3.05) is 19.0 Å². The third kappa shape index (κ3) is 4.24. The van der Waals surface area contributed by atoms with E-state index < -0.39 is 12.0 Å². The van der Waals surface area contributed by atoms with Crippen LogP contribution in [0, 0.1) is 0 Å². The van der Waals surface area contributed by atoms with Crippen molar-refractivity contribution in [2.45, 2.75) is 12.6 Å². The molecule has 0 spiro atoms. The van der Waals surface area contributed by atoms with Crippen molar-refractivity contribution in [3.63, 3.8) is 0 Å². The fraction of sp³-hybridized carbons (Fsp3) is 0.222. The number of aromatic nitrogens is 2. The van der Waals surface area contributed by atoms with E-state index >= 15 is 0 Å². The van der Waals surface area contributed by atoms with E-state index in [1.165, 1.54) is 6.07 Å². The molecular formula is C18H15BrF3N3O. The third-order valence-electron chi connectivity index (χ3n) is 3.78. The molecule has 0 aliphatic rings. The van der Waals surface area contributed by atoms with Gasteiger partial charge in [-0.1, -0.05) is 28.1 Å². The fourth-order valence-electron chi connectivity index (χ4n) is 2.48. The largest absolute Gasteiger partial charge is 0.497 e. The summed E-state index contributed by atoms with van der Waals surface area (Å²) in [4.78, 5) is 7.31. The molecule has 1 aromatic heterocycles. The lowest BCUT2D eigenvalue weighted by Crippen LogP contribution is -2.14. The Hall–Kier alpha value is -2.35. The number of halogens is 4. The maximum Gasteiger partial charge on any atom is 0.451 e. The fourth-order valence-corrected chi connectivity index (χ4v) is 2.84. The summed E-state index contributed by atoms with van der Waals surface area (Å²) in [5, 5.41) is 3.53. The number of nitrogens with zero attached hydrogens (tertiary/aromatic N) is 2. The summed E-state index contributed by atoms with van der Waals surface area (Å²) in [5.74, 6) is -0.237. The van der Waals surface area contributed by atoms with Crippen molar-refractivity contribution in [3.05, 3.63) is 58.3 Å². The molecular weight excluding hydrogens is 411 g/mol. The molecule has 0 saturated heterocycles. The van der Waals surface area contributed by atoms with Gasteiger partial charge in [-0.2, -0.15) is 13.2 Å². The Balaban J connectivity index is 1.84. The minimum Gasteiger partial charge on any atom is -0.497 e. The first-order valence-corrected chi connectivity index (χ1v) is 8.57. The van der Waals surface area contributed by atoms with E-state index in [4.69, 9.17) is 4.74 Å². The molecule has 0 unspecified atom stereocenters. The molecule has 136 valence electrons. The van der Waals surface area contributed by atoms with Crippen LogP contribution < -0.4 is 10.1 Å². The van der Waals surface area contributed by atoms with Crippen LogP contribution in [0.2, 0.25) is 0 Å². The first kappa shape index (κ1) is 18.4. The van der Waals surface area contributed by atoms with Gasteiger partial charge in [-0.3, -0.25) is 0 Å². The number of hydrogen-bond acceptors (Lipinski definition) is 4. The summed E-state index contributed by atoms with van der Waals surface area (Å²) >= 11 is 3.33. The summed E-state index contributed by atoms with van der Waals surface area (Å²) in [5.41, 5.74) is 1.27. The highest BCUT2D eigenvalue weighted by Crippen LogP contribution is 2.31. The first-order chi connectivity index (χ1) is 12.4. The molecule has 1 heterocycles. The molecule has 0 amide bonds. The average molecular weight is 426 g/mol. The predicted molar refractivity (Wildman–Crippen MR) is 97.4 cm³/mol. The minimum atomic E-state index is -4.60. The molecule has 8 heteroatoms. The van der Waals surface area contributed by atoms with Gasteiger partial charge >= 0.3 is 6.18 Å². The Kier molecular flexibility index (Phi) is 5.31. The number of methoxy groups -OCH3 is 1. The SMILES string of the molecule is COc1ccc(CCNc2nc(C(F)(F)F)nc3ccc(Br)cc23)cc1. The van der Waals surface area contributed by atoms with E-state index in [2.05, 4.69) is 31.2 Å². The second kappa shape index (κ2) is 7.49. The Bertz CT molecular complexity index is 914. The van der Waals surface area contributed by atoms with E-state index in [1.54, 1.807) is 19.2 Å². The van der Waals surface area contributed by atoms with Crippen molar-refractivity contribution in [2.24, 2.45) is 0 Å². The summed E-state index contributed by atoms with van der Waals surface area (Å²) in [6.45, 7) is 0.433. The number of fused-ring (bicyclic) bond motifs is 1. The van der Waals surface area contributed by atoms with Gasteiger partial charge in [-0.25, -0.2) is 9.97 Å². The van der Waals surface area contributed by atoms with Crippen molar-refractivity contribution in [3.8, 4) is 5.75 Å². The number of nitrogens with one attached hydrogen (secondary N) is 1. The first-order valence-electron chi connectivity index (χ1n) is 7.78.